The summed E-state index contributed by atoms with van der Waals surface area (Å²) in [7, 11) is 1.78. The summed E-state index contributed by atoms with van der Waals surface area (Å²) in [5.41, 5.74) is 6.77. The fourth-order valence-corrected chi connectivity index (χ4v) is 0.905. The molecule has 0 aromatic carbocycles. The van der Waals surface area contributed by atoms with Crippen LogP contribution in [0.1, 0.15) is 11.3 Å². The van der Waals surface area contributed by atoms with Gasteiger partial charge in [0.2, 0.25) is 0 Å². The Morgan fingerprint density at radius 2 is 2.45 bits per heavy atom. The van der Waals surface area contributed by atoms with Gasteiger partial charge in [-0.25, -0.2) is 0 Å². The minimum absolute atomic E-state index is 0.0931. The average Bonchev–Trinajstić information content (AvgIpc) is 2.28. The third kappa shape index (κ3) is 1.31. The first-order chi connectivity index (χ1) is 5.15. The zero-order valence-corrected chi connectivity index (χ0v) is 6.44. The maximum absolute atomic E-state index is 8.35. The topological polar surface area (TPSA) is 76.4 Å². The molecule has 5 heteroatoms. The molecule has 3 N–H and O–H groups in total. The molecule has 0 aliphatic carbocycles. The van der Waals surface area contributed by atoms with Gasteiger partial charge in [-0.2, -0.15) is 5.10 Å². The van der Waals surface area contributed by atoms with E-state index in [4.69, 9.17) is 10.9 Å². The van der Waals surface area contributed by atoms with Crippen LogP contribution in [0, 0.1) is 6.92 Å². The molecule has 1 aromatic heterocycles. The molecular weight excluding hydrogens is 144 g/mol. The second-order valence-corrected chi connectivity index (χ2v) is 2.29. The number of hydrogen-bond acceptors (Lipinski definition) is 3. The number of rotatable bonds is 1. The number of oxime groups is 1. The summed E-state index contributed by atoms with van der Waals surface area (Å²) >= 11 is 0. The van der Waals surface area contributed by atoms with Crippen molar-refractivity contribution in [3.8, 4) is 0 Å². The molecule has 11 heavy (non-hydrogen) atoms. The molecule has 1 heterocycles. The quantitative estimate of drug-likeness (QED) is 0.255. The maximum atomic E-state index is 8.35. The molecule has 0 saturated carbocycles. The number of aryl methyl sites for hydroxylation is 2. The van der Waals surface area contributed by atoms with Crippen molar-refractivity contribution < 1.29 is 5.21 Å². The maximum Gasteiger partial charge on any atom is 0.173 e. The third-order valence-electron chi connectivity index (χ3n) is 1.40. The minimum Gasteiger partial charge on any atom is -0.409 e. The molecule has 1 aromatic rings. The van der Waals surface area contributed by atoms with Gasteiger partial charge < -0.3 is 10.9 Å². The average molecular weight is 154 g/mol. The summed E-state index contributed by atoms with van der Waals surface area (Å²) in [5, 5.41) is 15.2. The summed E-state index contributed by atoms with van der Waals surface area (Å²) in [6.45, 7) is 1.80. The molecule has 0 bridgehead atoms. The van der Waals surface area contributed by atoms with Crippen molar-refractivity contribution in [3.63, 3.8) is 0 Å². The second kappa shape index (κ2) is 2.61. The van der Waals surface area contributed by atoms with Crippen molar-refractivity contribution in [2.45, 2.75) is 6.92 Å². The van der Waals surface area contributed by atoms with E-state index in [1.165, 1.54) is 0 Å². The lowest BCUT2D eigenvalue weighted by atomic mass is 10.2. The smallest absolute Gasteiger partial charge is 0.173 e. The Hall–Kier alpha value is -1.52. The lowest BCUT2D eigenvalue weighted by Crippen LogP contribution is -2.13. The van der Waals surface area contributed by atoms with Crippen LogP contribution in [-0.2, 0) is 7.05 Å². The highest BCUT2D eigenvalue weighted by Gasteiger charge is 2.06. The SMILES string of the molecule is Cc1nn(C)cc1C(N)=NO. The van der Waals surface area contributed by atoms with Crippen molar-refractivity contribution in [2.24, 2.45) is 17.9 Å². The number of hydrogen-bond donors (Lipinski definition) is 2. The lowest BCUT2D eigenvalue weighted by Gasteiger charge is -1.91. The highest BCUT2D eigenvalue weighted by Crippen LogP contribution is 2.02. The van der Waals surface area contributed by atoms with Crippen LogP contribution in [0.15, 0.2) is 11.4 Å². The van der Waals surface area contributed by atoms with Crippen LogP contribution in [0.5, 0.6) is 0 Å². The number of nitrogens with zero attached hydrogens (tertiary/aromatic N) is 3. The van der Waals surface area contributed by atoms with Crippen molar-refractivity contribution in [2.75, 3.05) is 0 Å². The fraction of sp³-hybridized carbons (Fsp3) is 0.333. The van der Waals surface area contributed by atoms with Gasteiger partial charge in [-0.15, -0.1) is 0 Å². The highest BCUT2D eigenvalue weighted by atomic mass is 16.4. The molecule has 0 aliphatic rings. The van der Waals surface area contributed by atoms with Gasteiger partial charge in [0.1, 0.15) is 0 Å². The molecule has 1 rings (SSSR count). The Morgan fingerprint density at radius 1 is 1.82 bits per heavy atom. The minimum atomic E-state index is 0.0931. The number of aromatic nitrogens is 2. The lowest BCUT2D eigenvalue weighted by molar-refractivity contribution is 0.318. The molecule has 0 saturated heterocycles. The van der Waals surface area contributed by atoms with E-state index in [0.29, 0.717) is 5.56 Å². The molecule has 0 fully saturated rings. The Kier molecular flexibility index (Phi) is 1.80. The van der Waals surface area contributed by atoms with Gasteiger partial charge in [-0.05, 0) is 6.92 Å². The first-order valence-corrected chi connectivity index (χ1v) is 3.13. The summed E-state index contributed by atoms with van der Waals surface area (Å²) < 4.78 is 1.61. The standard InChI is InChI=1S/C6H10N4O/c1-4-5(6(7)9-11)3-10(2)8-4/h3,11H,1-2H3,(H2,7,9). The fourth-order valence-electron chi connectivity index (χ4n) is 0.905. The van der Waals surface area contributed by atoms with Gasteiger partial charge in [0, 0.05) is 13.2 Å². The summed E-state index contributed by atoms with van der Waals surface area (Å²) in [6.07, 6.45) is 1.70. The summed E-state index contributed by atoms with van der Waals surface area (Å²) in [6, 6.07) is 0. The van der Waals surface area contributed by atoms with Crippen molar-refractivity contribution in [3.05, 3.63) is 17.5 Å². The van der Waals surface area contributed by atoms with Gasteiger partial charge in [0.25, 0.3) is 0 Å². The van der Waals surface area contributed by atoms with Crippen LogP contribution in [-0.4, -0.2) is 20.8 Å². The van der Waals surface area contributed by atoms with E-state index in [9.17, 15) is 0 Å². The van der Waals surface area contributed by atoms with Gasteiger partial charge in [0.15, 0.2) is 5.84 Å². The Bertz CT molecular complexity index is 289. The molecular formula is C6H10N4O. The molecule has 0 unspecified atom stereocenters. The van der Waals surface area contributed by atoms with Gasteiger partial charge in [-0.1, -0.05) is 5.16 Å². The predicted octanol–water partition coefficient (Wildman–Crippen LogP) is -0.177. The molecule has 0 spiro atoms. The molecule has 0 radical (unpaired) electrons. The number of amidine groups is 1. The van der Waals surface area contributed by atoms with Crippen LogP contribution in [0.25, 0.3) is 0 Å². The molecule has 0 aliphatic heterocycles. The molecule has 0 amide bonds. The highest BCUT2D eigenvalue weighted by molar-refractivity contribution is 5.97. The zero-order valence-electron chi connectivity index (χ0n) is 6.44. The van der Waals surface area contributed by atoms with Crippen LogP contribution < -0.4 is 5.73 Å². The van der Waals surface area contributed by atoms with Gasteiger partial charge in [0.05, 0.1) is 11.3 Å². The van der Waals surface area contributed by atoms with Gasteiger partial charge >= 0.3 is 0 Å². The molecule has 0 atom stereocenters. The van der Waals surface area contributed by atoms with E-state index in [0.717, 1.165) is 5.69 Å². The first kappa shape index (κ1) is 7.59. The van der Waals surface area contributed by atoms with E-state index >= 15 is 0 Å². The first-order valence-electron chi connectivity index (χ1n) is 3.13. The van der Waals surface area contributed by atoms with E-state index < -0.39 is 0 Å². The predicted molar refractivity (Wildman–Crippen MR) is 40.5 cm³/mol. The van der Waals surface area contributed by atoms with E-state index in [-0.39, 0.29) is 5.84 Å². The van der Waals surface area contributed by atoms with Crippen LogP contribution in [0.2, 0.25) is 0 Å². The largest absolute Gasteiger partial charge is 0.409 e. The van der Waals surface area contributed by atoms with Crippen LogP contribution in [0.4, 0.5) is 0 Å². The van der Waals surface area contributed by atoms with Crippen LogP contribution in [0.3, 0.4) is 0 Å². The molecule has 5 nitrogen and oxygen atoms in total. The Morgan fingerprint density at radius 3 is 2.82 bits per heavy atom. The number of nitrogens with two attached hydrogens (primary N) is 1. The van der Waals surface area contributed by atoms with Crippen LogP contribution >= 0.6 is 0 Å². The Balaban J connectivity index is 3.13. The van der Waals surface area contributed by atoms with E-state index in [1.807, 2.05) is 0 Å². The summed E-state index contributed by atoms with van der Waals surface area (Å²) in [4.78, 5) is 0. The van der Waals surface area contributed by atoms with E-state index in [1.54, 1.807) is 24.9 Å². The summed E-state index contributed by atoms with van der Waals surface area (Å²) in [5.74, 6) is 0.0931. The third-order valence-corrected chi connectivity index (χ3v) is 1.40. The van der Waals surface area contributed by atoms with E-state index in [2.05, 4.69) is 10.3 Å². The normalized spacial score (nSPS) is 12.0. The van der Waals surface area contributed by atoms with Crippen molar-refractivity contribution in [1.29, 1.82) is 0 Å². The zero-order chi connectivity index (χ0) is 8.43. The second-order valence-electron chi connectivity index (χ2n) is 2.29. The van der Waals surface area contributed by atoms with Crippen molar-refractivity contribution >= 4 is 5.84 Å². The Labute approximate surface area is 64.1 Å². The van der Waals surface area contributed by atoms with Gasteiger partial charge in [-0.3, -0.25) is 4.68 Å². The van der Waals surface area contributed by atoms with Crippen molar-refractivity contribution in [1.82, 2.24) is 9.78 Å². The molecule has 60 valence electrons. The monoisotopic (exact) mass is 154 g/mol.